The summed E-state index contributed by atoms with van der Waals surface area (Å²) in [4.78, 5) is 11.4. The molecule has 0 fully saturated rings. The van der Waals surface area contributed by atoms with Crippen molar-refractivity contribution in [1.82, 2.24) is 4.31 Å². The molecule has 6 nitrogen and oxygen atoms in total. The zero-order valence-electron chi connectivity index (χ0n) is 10.4. The summed E-state index contributed by atoms with van der Waals surface area (Å²) in [6, 6.07) is 6.34. The van der Waals surface area contributed by atoms with Gasteiger partial charge in [-0.05, 0) is 23.8 Å². The molecule has 2 rings (SSSR count). The minimum atomic E-state index is -3.68. The Kier molecular flexibility index (Phi) is 3.55. The number of hydrogen-bond donors (Lipinski definition) is 1. The molecule has 1 aliphatic heterocycles. The van der Waals surface area contributed by atoms with Crippen LogP contribution in [0.25, 0.3) is 0 Å². The molecule has 1 amide bonds. The number of amides is 1. The van der Waals surface area contributed by atoms with Crippen molar-refractivity contribution in [2.45, 2.75) is 18.2 Å². The first-order valence-electron chi connectivity index (χ1n) is 5.79. The predicted molar refractivity (Wildman–Crippen MR) is 68.8 cm³/mol. The molecule has 0 unspecified atom stereocenters. The van der Waals surface area contributed by atoms with Crippen LogP contribution >= 0.6 is 0 Å². The highest BCUT2D eigenvalue weighted by Crippen LogP contribution is 2.27. The maximum Gasteiger partial charge on any atom is 0.244 e. The molecule has 0 atom stereocenters. The van der Waals surface area contributed by atoms with E-state index in [0.717, 1.165) is 4.31 Å². The molecule has 1 N–H and O–H groups in total. The highest BCUT2D eigenvalue weighted by molar-refractivity contribution is 7.89. The number of benzene rings is 1. The summed E-state index contributed by atoms with van der Waals surface area (Å²) in [5.74, 6) is -0.145. The summed E-state index contributed by atoms with van der Waals surface area (Å²) in [7, 11) is -3.68. The number of carbonyl (C=O) groups is 1. The first-order valence-corrected chi connectivity index (χ1v) is 7.23. The minimum Gasteiger partial charge on any atom is -0.326 e. The van der Waals surface area contributed by atoms with Crippen molar-refractivity contribution in [2.75, 3.05) is 18.4 Å². The number of nitrogens with zero attached hydrogens (tertiary/aromatic N) is 2. The quantitative estimate of drug-likeness (QED) is 0.822. The van der Waals surface area contributed by atoms with Crippen LogP contribution in [0, 0.1) is 11.3 Å². The van der Waals surface area contributed by atoms with E-state index >= 15 is 0 Å². The highest BCUT2D eigenvalue weighted by Gasteiger charge is 2.26. The molecule has 1 heterocycles. The van der Waals surface area contributed by atoms with Crippen LogP contribution in [0.15, 0.2) is 23.1 Å². The van der Waals surface area contributed by atoms with Crippen LogP contribution in [0.2, 0.25) is 0 Å². The first-order chi connectivity index (χ1) is 8.98. The van der Waals surface area contributed by atoms with Crippen LogP contribution in [-0.2, 0) is 21.2 Å². The van der Waals surface area contributed by atoms with Crippen molar-refractivity contribution in [3.05, 3.63) is 23.8 Å². The third-order valence-electron chi connectivity index (χ3n) is 2.94. The van der Waals surface area contributed by atoms with Gasteiger partial charge in [-0.15, -0.1) is 0 Å². The summed E-state index contributed by atoms with van der Waals surface area (Å²) < 4.78 is 25.7. The maximum atomic E-state index is 12.3. The van der Waals surface area contributed by atoms with Gasteiger partial charge in [-0.2, -0.15) is 9.57 Å². The molecular formula is C12H13N3O3S. The number of sulfonamides is 1. The SMILES string of the molecule is CCN(CC#N)S(=O)(=O)c1ccc2c(c1)CC(=O)N2. The zero-order chi connectivity index (χ0) is 14.0. The van der Waals surface area contributed by atoms with Crippen LogP contribution in [-0.4, -0.2) is 31.7 Å². The largest absolute Gasteiger partial charge is 0.326 e. The highest BCUT2D eigenvalue weighted by atomic mass is 32.2. The topological polar surface area (TPSA) is 90.3 Å². The average Bonchev–Trinajstić information content (AvgIpc) is 2.74. The lowest BCUT2D eigenvalue weighted by atomic mass is 10.2. The van der Waals surface area contributed by atoms with Gasteiger partial charge in [0.25, 0.3) is 0 Å². The lowest BCUT2D eigenvalue weighted by Gasteiger charge is -2.17. The summed E-state index contributed by atoms with van der Waals surface area (Å²) in [5, 5.41) is 11.3. The Morgan fingerprint density at radius 1 is 1.47 bits per heavy atom. The Labute approximate surface area is 111 Å². The summed E-state index contributed by atoms with van der Waals surface area (Å²) in [5.41, 5.74) is 1.31. The normalized spacial score (nSPS) is 14.1. The lowest BCUT2D eigenvalue weighted by Crippen LogP contribution is -2.31. The molecule has 7 heteroatoms. The van der Waals surface area contributed by atoms with E-state index in [4.69, 9.17) is 5.26 Å². The number of nitriles is 1. The van der Waals surface area contributed by atoms with E-state index in [1.165, 1.54) is 12.1 Å². The van der Waals surface area contributed by atoms with E-state index in [1.807, 2.05) is 6.07 Å². The molecule has 100 valence electrons. The summed E-state index contributed by atoms with van der Waals surface area (Å²) in [6.45, 7) is 1.71. The van der Waals surface area contributed by atoms with Crippen molar-refractivity contribution in [3.8, 4) is 6.07 Å². The van der Waals surface area contributed by atoms with E-state index in [-0.39, 0.29) is 30.3 Å². The van der Waals surface area contributed by atoms with Gasteiger partial charge in [0, 0.05) is 12.2 Å². The fraction of sp³-hybridized carbons (Fsp3) is 0.333. The van der Waals surface area contributed by atoms with Gasteiger partial charge in [-0.1, -0.05) is 6.92 Å². The molecule has 1 aliphatic rings. The van der Waals surface area contributed by atoms with Gasteiger partial charge < -0.3 is 5.32 Å². The van der Waals surface area contributed by atoms with E-state index in [2.05, 4.69) is 5.32 Å². The Hall–Kier alpha value is -1.91. The predicted octanol–water partition coefficient (Wildman–Crippen LogP) is 0.715. The number of fused-ring (bicyclic) bond motifs is 1. The fourth-order valence-electron chi connectivity index (χ4n) is 1.96. The fourth-order valence-corrected chi connectivity index (χ4v) is 3.36. The van der Waals surface area contributed by atoms with Gasteiger partial charge in [0.1, 0.15) is 6.54 Å². The smallest absolute Gasteiger partial charge is 0.244 e. The maximum absolute atomic E-state index is 12.3. The molecule has 19 heavy (non-hydrogen) atoms. The van der Waals surface area contributed by atoms with Crippen molar-refractivity contribution < 1.29 is 13.2 Å². The van der Waals surface area contributed by atoms with Crippen LogP contribution < -0.4 is 5.32 Å². The summed E-state index contributed by atoms with van der Waals surface area (Å²) >= 11 is 0. The minimum absolute atomic E-state index is 0.111. The first kappa shape index (κ1) is 13.5. The Bertz CT molecular complexity index is 661. The molecular weight excluding hydrogens is 266 g/mol. The second-order valence-electron chi connectivity index (χ2n) is 4.13. The Balaban J connectivity index is 2.40. The van der Waals surface area contributed by atoms with Gasteiger partial charge in [0.05, 0.1) is 17.4 Å². The molecule has 0 aliphatic carbocycles. The molecule has 0 radical (unpaired) electrons. The zero-order valence-corrected chi connectivity index (χ0v) is 11.2. The van der Waals surface area contributed by atoms with Gasteiger partial charge in [0.15, 0.2) is 0 Å². The Morgan fingerprint density at radius 2 is 2.21 bits per heavy atom. The molecule has 0 aromatic heterocycles. The third-order valence-corrected chi connectivity index (χ3v) is 4.86. The monoisotopic (exact) mass is 279 g/mol. The van der Waals surface area contributed by atoms with Gasteiger partial charge >= 0.3 is 0 Å². The van der Waals surface area contributed by atoms with E-state index in [1.54, 1.807) is 13.0 Å². The van der Waals surface area contributed by atoms with Gasteiger partial charge in [-0.25, -0.2) is 8.42 Å². The molecule has 0 spiro atoms. The number of nitrogens with one attached hydrogen (secondary N) is 1. The summed E-state index contributed by atoms with van der Waals surface area (Å²) in [6.07, 6.45) is 0.184. The molecule has 0 saturated carbocycles. The molecule has 1 aromatic rings. The van der Waals surface area contributed by atoms with E-state index in [9.17, 15) is 13.2 Å². The van der Waals surface area contributed by atoms with Crippen molar-refractivity contribution in [3.63, 3.8) is 0 Å². The van der Waals surface area contributed by atoms with Crippen LogP contribution in [0.3, 0.4) is 0 Å². The lowest BCUT2D eigenvalue weighted by molar-refractivity contribution is -0.115. The number of hydrogen-bond acceptors (Lipinski definition) is 4. The molecule has 0 bridgehead atoms. The van der Waals surface area contributed by atoms with E-state index in [0.29, 0.717) is 11.3 Å². The van der Waals surface area contributed by atoms with Crippen molar-refractivity contribution >= 4 is 21.6 Å². The average molecular weight is 279 g/mol. The van der Waals surface area contributed by atoms with Crippen LogP contribution in [0.4, 0.5) is 5.69 Å². The molecule has 1 aromatic carbocycles. The number of rotatable bonds is 4. The van der Waals surface area contributed by atoms with Crippen molar-refractivity contribution in [2.24, 2.45) is 0 Å². The van der Waals surface area contributed by atoms with Crippen molar-refractivity contribution in [1.29, 1.82) is 5.26 Å². The second kappa shape index (κ2) is 4.99. The van der Waals surface area contributed by atoms with Crippen LogP contribution in [0.5, 0.6) is 0 Å². The third kappa shape index (κ3) is 2.45. The second-order valence-corrected chi connectivity index (χ2v) is 6.07. The molecule has 0 saturated heterocycles. The standard InChI is InChI=1S/C12H13N3O3S/c1-2-15(6-5-13)19(17,18)10-3-4-11-9(7-10)8-12(16)14-11/h3-4,7H,2,6,8H2,1H3,(H,14,16). The number of anilines is 1. The van der Waals surface area contributed by atoms with Gasteiger partial charge in [0.2, 0.25) is 15.9 Å². The van der Waals surface area contributed by atoms with Crippen LogP contribution in [0.1, 0.15) is 12.5 Å². The van der Waals surface area contributed by atoms with Gasteiger partial charge in [-0.3, -0.25) is 4.79 Å². The Morgan fingerprint density at radius 3 is 2.84 bits per heavy atom. The van der Waals surface area contributed by atoms with E-state index < -0.39 is 10.0 Å². The number of carbonyl (C=O) groups excluding carboxylic acids is 1.